The summed E-state index contributed by atoms with van der Waals surface area (Å²) >= 11 is 0. The predicted molar refractivity (Wildman–Crippen MR) is 116 cm³/mol. The Bertz CT molecular complexity index is 1470. The molecule has 164 valence electrons. The number of fused-ring (bicyclic) bond motifs is 5. The molecule has 0 bridgehead atoms. The summed E-state index contributed by atoms with van der Waals surface area (Å²) in [7, 11) is 0. The molecule has 0 saturated carbocycles. The van der Waals surface area contributed by atoms with Crippen LogP contribution in [0.5, 0.6) is 0 Å². The monoisotopic (exact) mass is 442 g/mol. The Kier molecular flexibility index (Phi) is 4.39. The van der Waals surface area contributed by atoms with Crippen molar-refractivity contribution in [3.05, 3.63) is 83.4 Å². The summed E-state index contributed by atoms with van der Waals surface area (Å²) in [5.74, 6) is 0.720. The summed E-state index contributed by atoms with van der Waals surface area (Å²) in [4.78, 5) is 13.3. The van der Waals surface area contributed by atoms with Crippen molar-refractivity contribution in [1.29, 1.82) is 0 Å². The zero-order chi connectivity index (χ0) is 22.5. The molecule has 1 aliphatic heterocycles. The van der Waals surface area contributed by atoms with Gasteiger partial charge in [-0.25, -0.2) is 14.1 Å². The van der Waals surface area contributed by atoms with Gasteiger partial charge < -0.3 is 4.52 Å². The standard InChI is InChI=1S/C23H19FN8O/c1-13(2)23-27-22(29-33-23)21-20-10-18-16(8-14-4-3-7-25-11-14)28-30-32(18)19-9-15(24)5-6-17(19)31(20)12-26-21/h3-7,9,11-13H,8,10H2,1-2H3. The molecule has 9 nitrogen and oxygen atoms in total. The van der Waals surface area contributed by atoms with Crippen LogP contribution in [0.2, 0.25) is 0 Å². The maximum atomic E-state index is 14.3. The van der Waals surface area contributed by atoms with Gasteiger partial charge >= 0.3 is 0 Å². The molecule has 10 heteroatoms. The number of imidazole rings is 1. The summed E-state index contributed by atoms with van der Waals surface area (Å²) in [6, 6.07) is 8.48. The van der Waals surface area contributed by atoms with E-state index in [9.17, 15) is 4.39 Å². The highest BCUT2D eigenvalue weighted by atomic mass is 19.1. The molecule has 0 atom stereocenters. The van der Waals surface area contributed by atoms with Gasteiger partial charge in [-0.05, 0) is 23.8 Å². The first-order chi connectivity index (χ1) is 16.1. The molecule has 0 N–H and O–H groups in total. The van der Waals surface area contributed by atoms with Crippen LogP contribution in [0.3, 0.4) is 0 Å². The van der Waals surface area contributed by atoms with Crippen molar-refractivity contribution in [1.82, 2.24) is 39.7 Å². The van der Waals surface area contributed by atoms with E-state index < -0.39 is 0 Å². The summed E-state index contributed by atoms with van der Waals surface area (Å²) in [5, 5.41) is 13.0. The Morgan fingerprint density at radius 3 is 2.85 bits per heavy atom. The highest BCUT2D eigenvalue weighted by Gasteiger charge is 2.28. The third kappa shape index (κ3) is 3.22. The summed E-state index contributed by atoms with van der Waals surface area (Å²) in [5.41, 5.74) is 5.45. The molecule has 0 spiro atoms. The molecule has 1 aromatic carbocycles. The van der Waals surface area contributed by atoms with Crippen LogP contribution in [-0.2, 0) is 12.8 Å². The number of halogens is 1. The van der Waals surface area contributed by atoms with Gasteiger partial charge in [-0.15, -0.1) is 5.10 Å². The molecule has 0 unspecified atom stereocenters. The Hall–Kier alpha value is -4.21. The minimum absolute atomic E-state index is 0.105. The zero-order valence-electron chi connectivity index (χ0n) is 18.0. The van der Waals surface area contributed by atoms with E-state index in [1.165, 1.54) is 12.1 Å². The average molecular weight is 442 g/mol. The summed E-state index contributed by atoms with van der Waals surface area (Å²) < 4.78 is 23.3. The van der Waals surface area contributed by atoms with Gasteiger partial charge in [0, 0.05) is 37.2 Å². The molecule has 4 aromatic heterocycles. The number of pyridine rings is 1. The molecule has 1 aliphatic rings. The first-order valence-electron chi connectivity index (χ1n) is 10.6. The summed E-state index contributed by atoms with van der Waals surface area (Å²) in [6.45, 7) is 3.98. The Balaban J connectivity index is 1.53. The fraction of sp³-hybridized carbons (Fsp3) is 0.217. The molecular weight excluding hydrogens is 423 g/mol. The number of hydrogen-bond donors (Lipinski definition) is 0. The van der Waals surface area contributed by atoms with Gasteiger partial charge in [0.25, 0.3) is 0 Å². The third-order valence-corrected chi connectivity index (χ3v) is 5.71. The molecule has 0 fully saturated rings. The second-order valence-electron chi connectivity index (χ2n) is 8.26. The normalized spacial score (nSPS) is 12.4. The number of rotatable bonds is 4. The molecule has 33 heavy (non-hydrogen) atoms. The molecule has 0 saturated heterocycles. The van der Waals surface area contributed by atoms with Crippen LogP contribution in [-0.4, -0.2) is 39.7 Å². The van der Waals surface area contributed by atoms with Crippen LogP contribution >= 0.6 is 0 Å². The lowest BCUT2D eigenvalue weighted by molar-refractivity contribution is 0.365. The van der Waals surface area contributed by atoms with Crippen molar-refractivity contribution in [2.45, 2.75) is 32.6 Å². The maximum absolute atomic E-state index is 14.3. The summed E-state index contributed by atoms with van der Waals surface area (Å²) in [6.07, 6.45) is 6.25. The van der Waals surface area contributed by atoms with E-state index in [1.807, 2.05) is 30.5 Å². The largest absolute Gasteiger partial charge is 0.339 e. The second kappa shape index (κ2) is 7.44. The number of benzene rings is 1. The fourth-order valence-corrected chi connectivity index (χ4v) is 4.07. The van der Waals surface area contributed by atoms with Crippen LogP contribution in [0.25, 0.3) is 22.9 Å². The van der Waals surface area contributed by atoms with Crippen LogP contribution < -0.4 is 0 Å². The van der Waals surface area contributed by atoms with Gasteiger partial charge in [-0.2, -0.15) is 4.98 Å². The first-order valence-corrected chi connectivity index (χ1v) is 10.6. The van der Waals surface area contributed by atoms with Gasteiger partial charge in [-0.3, -0.25) is 9.55 Å². The Morgan fingerprint density at radius 1 is 1.15 bits per heavy atom. The van der Waals surface area contributed by atoms with Crippen molar-refractivity contribution in [2.24, 2.45) is 0 Å². The van der Waals surface area contributed by atoms with Crippen LogP contribution in [0.1, 0.15) is 48.3 Å². The molecule has 5 aromatic rings. The molecule has 6 rings (SSSR count). The van der Waals surface area contributed by atoms with Crippen LogP contribution in [0.4, 0.5) is 4.39 Å². The molecule has 0 amide bonds. The van der Waals surface area contributed by atoms with E-state index in [0.717, 1.165) is 28.3 Å². The van der Waals surface area contributed by atoms with Gasteiger partial charge in [0.05, 0.1) is 28.5 Å². The maximum Gasteiger partial charge on any atom is 0.229 e. The van der Waals surface area contributed by atoms with E-state index in [2.05, 4.69) is 30.4 Å². The highest BCUT2D eigenvalue weighted by molar-refractivity contribution is 5.62. The van der Waals surface area contributed by atoms with E-state index in [4.69, 9.17) is 4.52 Å². The predicted octanol–water partition coefficient (Wildman–Crippen LogP) is 3.66. The van der Waals surface area contributed by atoms with Crippen molar-refractivity contribution in [3.63, 3.8) is 0 Å². The zero-order valence-corrected chi connectivity index (χ0v) is 18.0. The van der Waals surface area contributed by atoms with E-state index in [1.54, 1.807) is 29.5 Å². The van der Waals surface area contributed by atoms with Crippen molar-refractivity contribution < 1.29 is 8.91 Å². The topological polar surface area (TPSA) is 100 Å². The number of nitrogens with zero attached hydrogens (tertiary/aromatic N) is 8. The lowest BCUT2D eigenvalue weighted by atomic mass is 10.1. The number of hydrogen-bond acceptors (Lipinski definition) is 7. The SMILES string of the molecule is CC(C)c1nc(-c2ncn3c2Cc2c(Cc4cccnc4)nnn2-c2cc(F)ccc2-3)no1. The molecule has 5 heterocycles. The van der Waals surface area contributed by atoms with Crippen molar-refractivity contribution in [2.75, 3.05) is 0 Å². The molecular formula is C23H19FN8O. The smallest absolute Gasteiger partial charge is 0.229 e. The van der Waals surface area contributed by atoms with Crippen LogP contribution in [0, 0.1) is 5.82 Å². The lowest BCUT2D eigenvalue weighted by Crippen LogP contribution is -2.04. The van der Waals surface area contributed by atoms with Gasteiger partial charge in [-0.1, -0.05) is 30.3 Å². The average Bonchev–Trinajstić information content (AvgIpc) is 3.53. The third-order valence-electron chi connectivity index (χ3n) is 5.71. The lowest BCUT2D eigenvalue weighted by Gasteiger charge is -2.09. The second-order valence-corrected chi connectivity index (χ2v) is 8.26. The fourth-order valence-electron chi connectivity index (χ4n) is 4.07. The van der Waals surface area contributed by atoms with Crippen molar-refractivity contribution >= 4 is 0 Å². The van der Waals surface area contributed by atoms with E-state index in [0.29, 0.717) is 35.9 Å². The minimum atomic E-state index is -0.354. The Morgan fingerprint density at radius 2 is 2.06 bits per heavy atom. The molecule has 0 radical (unpaired) electrons. The number of aromatic nitrogens is 8. The van der Waals surface area contributed by atoms with Gasteiger partial charge in [0.2, 0.25) is 11.7 Å². The first kappa shape index (κ1) is 19.5. The minimum Gasteiger partial charge on any atom is -0.339 e. The molecule has 0 aliphatic carbocycles. The highest BCUT2D eigenvalue weighted by Crippen LogP contribution is 2.33. The Labute approximate surface area is 187 Å². The van der Waals surface area contributed by atoms with Crippen molar-refractivity contribution in [3.8, 4) is 22.9 Å². The van der Waals surface area contributed by atoms with E-state index in [-0.39, 0.29) is 11.7 Å². The van der Waals surface area contributed by atoms with Gasteiger partial charge in [0.1, 0.15) is 17.8 Å². The van der Waals surface area contributed by atoms with Gasteiger partial charge in [0.15, 0.2) is 0 Å². The van der Waals surface area contributed by atoms with E-state index >= 15 is 0 Å². The van der Waals surface area contributed by atoms with Crippen LogP contribution in [0.15, 0.2) is 53.6 Å². The quantitative estimate of drug-likeness (QED) is 0.411.